The van der Waals surface area contributed by atoms with E-state index in [4.69, 9.17) is 27.9 Å². The van der Waals surface area contributed by atoms with E-state index in [2.05, 4.69) is 0 Å². The number of hydrogen-bond acceptors (Lipinski definition) is 3. The maximum atomic E-state index is 12.9. The summed E-state index contributed by atoms with van der Waals surface area (Å²) >= 11 is 12.0. The highest BCUT2D eigenvalue weighted by Gasteiger charge is 2.72. The molecule has 3 heterocycles. The summed E-state index contributed by atoms with van der Waals surface area (Å²) in [4.78, 5) is 27.0. The molecule has 4 atom stereocenters. The van der Waals surface area contributed by atoms with E-state index in [-0.39, 0.29) is 11.8 Å². The molecular weight excluding hydrogens is 325 g/mol. The van der Waals surface area contributed by atoms with E-state index < -0.39 is 23.0 Å². The average Bonchev–Trinajstić information content (AvgIpc) is 2.93. The Kier molecular flexibility index (Phi) is 2.80. The zero-order valence-corrected chi connectivity index (χ0v) is 13.7. The Hall–Kier alpha value is -1.10. The first-order chi connectivity index (χ1) is 10.3. The third kappa shape index (κ3) is 1.69. The van der Waals surface area contributed by atoms with Crippen LogP contribution in [0.5, 0.6) is 0 Å². The highest BCUT2D eigenvalue weighted by atomic mass is 35.5. The van der Waals surface area contributed by atoms with E-state index in [1.807, 2.05) is 13.8 Å². The number of carbonyl (C=O) groups excluding carboxylic acids is 2. The predicted molar refractivity (Wildman–Crippen MR) is 83.1 cm³/mol. The van der Waals surface area contributed by atoms with Crippen LogP contribution in [0.4, 0.5) is 5.69 Å². The van der Waals surface area contributed by atoms with Crippen LogP contribution >= 0.6 is 23.2 Å². The van der Waals surface area contributed by atoms with Crippen molar-refractivity contribution >= 4 is 40.7 Å². The zero-order valence-electron chi connectivity index (χ0n) is 12.2. The minimum Gasteiger partial charge on any atom is -0.367 e. The standard InChI is InChI=1S/C16H15Cl2NO3/c1-15-3-4-16(2,22-15)12-11(15)13(20)19(14(12)21)10-6-8(17)5-9(18)7-10/h5-7,11-12H,3-4H2,1-2H3. The fraction of sp³-hybridized carbons (Fsp3) is 0.500. The Balaban J connectivity index is 1.82. The fourth-order valence-corrected chi connectivity index (χ4v) is 4.91. The smallest absolute Gasteiger partial charge is 0.240 e. The van der Waals surface area contributed by atoms with Gasteiger partial charge in [-0.3, -0.25) is 9.59 Å². The lowest BCUT2D eigenvalue weighted by atomic mass is 9.69. The van der Waals surface area contributed by atoms with E-state index in [0.717, 1.165) is 12.8 Å². The van der Waals surface area contributed by atoms with Gasteiger partial charge in [-0.1, -0.05) is 23.2 Å². The summed E-state index contributed by atoms with van der Waals surface area (Å²) in [6.07, 6.45) is 1.60. The quantitative estimate of drug-likeness (QED) is 0.736. The van der Waals surface area contributed by atoms with Crippen molar-refractivity contribution in [3.05, 3.63) is 28.2 Å². The number of carbonyl (C=O) groups is 2. The number of ether oxygens (including phenoxy) is 1. The van der Waals surface area contributed by atoms with Gasteiger partial charge in [0.2, 0.25) is 11.8 Å². The van der Waals surface area contributed by atoms with Gasteiger partial charge in [-0.25, -0.2) is 4.90 Å². The summed E-state index contributed by atoms with van der Waals surface area (Å²) in [6.45, 7) is 3.87. The maximum absolute atomic E-state index is 12.9. The summed E-state index contributed by atoms with van der Waals surface area (Å²) < 4.78 is 6.07. The molecule has 2 amide bonds. The number of rotatable bonds is 1. The van der Waals surface area contributed by atoms with Crippen LogP contribution in [0.15, 0.2) is 18.2 Å². The maximum Gasteiger partial charge on any atom is 0.240 e. The molecule has 0 radical (unpaired) electrons. The van der Waals surface area contributed by atoms with E-state index in [1.165, 1.54) is 4.90 Å². The average molecular weight is 340 g/mol. The summed E-state index contributed by atoms with van der Waals surface area (Å²) in [7, 11) is 0. The first-order valence-corrected chi connectivity index (χ1v) is 8.05. The third-order valence-electron chi connectivity index (χ3n) is 5.31. The molecule has 3 aliphatic heterocycles. The number of hydrogen-bond donors (Lipinski definition) is 0. The van der Waals surface area contributed by atoms with Gasteiger partial charge in [-0.05, 0) is 44.9 Å². The van der Waals surface area contributed by atoms with Crippen LogP contribution in [-0.4, -0.2) is 23.0 Å². The van der Waals surface area contributed by atoms with Crippen LogP contribution in [0.25, 0.3) is 0 Å². The molecule has 4 rings (SSSR count). The molecule has 0 spiro atoms. The van der Waals surface area contributed by atoms with Crippen molar-refractivity contribution in [3.8, 4) is 0 Å². The molecule has 3 saturated heterocycles. The number of imide groups is 1. The Labute approximate surface area is 138 Å². The largest absolute Gasteiger partial charge is 0.367 e. The number of anilines is 1. The van der Waals surface area contributed by atoms with Crippen molar-refractivity contribution in [3.63, 3.8) is 0 Å². The van der Waals surface area contributed by atoms with Crippen LogP contribution in [0.3, 0.4) is 0 Å². The van der Waals surface area contributed by atoms with Gasteiger partial charge in [0, 0.05) is 10.0 Å². The second-order valence-electron chi connectivity index (χ2n) is 6.82. The van der Waals surface area contributed by atoms with Gasteiger partial charge in [0.05, 0.1) is 28.7 Å². The van der Waals surface area contributed by atoms with E-state index in [9.17, 15) is 9.59 Å². The van der Waals surface area contributed by atoms with Crippen LogP contribution in [0.2, 0.25) is 10.0 Å². The van der Waals surface area contributed by atoms with E-state index in [0.29, 0.717) is 15.7 Å². The number of amides is 2. The highest BCUT2D eigenvalue weighted by Crippen LogP contribution is 2.61. The SMILES string of the molecule is CC12CCC(C)(O1)C1C(=O)N(c3cc(Cl)cc(Cl)c3)C(=O)C12. The molecule has 4 unspecified atom stereocenters. The van der Waals surface area contributed by atoms with Gasteiger partial charge in [0.25, 0.3) is 0 Å². The van der Waals surface area contributed by atoms with Crippen LogP contribution in [0, 0.1) is 11.8 Å². The van der Waals surface area contributed by atoms with Gasteiger partial charge in [0.15, 0.2) is 0 Å². The molecule has 116 valence electrons. The van der Waals surface area contributed by atoms with Crippen LogP contribution < -0.4 is 4.90 Å². The normalized spacial score (nSPS) is 39.7. The fourth-order valence-electron chi connectivity index (χ4n) is 4.39. The topological polar surface area (TPSA) is 46.6 Å². The summed E-state index contributed by atoms with van der Waals surface area (Å²) in [5, 5.41) is 0.800. The van der Waals surface area contributed by atoms with Crippen molar-refractivity contribution in [2.45, 2.75) is 37.9 Å². The van der Waals surface area contributed by atoms with E-state index in [1.54, 1.807) is 18.2 Å². The van der Waals surface area contributed by atoms with Crippen molar-refractivity contribution < 1.29 is 14.3 Å². The minimum absolute atomic E-state index is 0.209. The molecule has 0 aromatic heterocycles. The monoisotopic (exact) mass is 339 g/mol. The summed E-state index contributed by atoms with van der Waals surface area (Å²) in [5.74, 6) is -1.26. The number of nitrogens with zero attached hydrogens (tertiary/aromatic N) is 1. The van der Waals surface area contributed by atoms with Crippen molar-refractivity contribution in [1.29, 1.82) is 0 Å². The summed E-state index contributed by atoms with van der Waals surface area (Å²) in [5.41, 5.74) is -0.666. The molecule has 3 aliphatic rings. The minimum atomic E-state index is -0.552. The lowest BCUT2D eigenvalue weighted by molar-refractivity contribution is -0.129. The second kappa shape index (κ2) is 4.25. The lowest BCUT2D eigenvalue weighted by Gasteiger charge is -2.27. The van der Waals surface area contributed by atoms with Gasteiger partial charge in [0.1, 0.15) is 0 Å². The van der Waals surface area contributed by atoms with Gasteiger partial charge in [-0.15, -0.1) is 0 Å². The Bertz CT molecular complexity index is 667. The second-order valence-corrected chi connectivity index (χ2v) is 7.70. The van der Waals surface area contributed by atoms with Gasteiger partial charge >= 0.3 is 0 Å². The number of fused-ring (bicyclic) bond motifs is 5. The molecule has 4 nitrogen and oxygen atoms in total. The van der Waals surface area contributed by atoms with Crippen LogP contribution in [-0.2, 0) is 14.3 Å². The Morgan fingerprint density at radius 1 is 1.00 bits per heavy atom. The first-order valence-electron chi connectivity index (χ1n) is 7.29. The van der Waals surface area contributed by atoms with E-state index >= 15 is 0 Å². The highest BCUT2D eigenvalue weighted by molar-refractivity contribution is 6.35. The van der Waals surface area contributed by atoms with Gasteiger partial charge < -0.3 is 4.74 Å². The Morgan fingerprint density at radius 2 is 1.45 bits per heavy atom. The lowest BCUT2D eigenvalue weighted by Crippen LogP contribution is -2.40. The molecule has 22 heavy (non-hydrogen) atoms. The molecule has 0 N–H and O–H groups in total. The number of halogens is 2. The zero-order chi connectivity index (χ0) is 15.9. The first kappa shape index (κ1) is 14.5. The molecule has 2 bridgehead atoms. The van der Waals surface area contributed by atoms with Crippen molar-refractivity contribution in [2.75, 3.05) is 4.90 Å². The predicted octanol–water partition coefficient (Wildman–Crippen LogP) is 3.44. The Morgan fingerprint density at radius 3 is 1.91 bits per heavy atom. The van der Waals surface area contributed by atoms with Gasteiger partial charge in [-0.2, -0.15) is 0 Å². The van der Waals surface area contributed by atoms with Crippen LogP contribution in [0.1, 0.15) is 26.7 Å². The van der Waals surface area contributed by atoms with Crippen molar-refractivity contribution in [2.24, 2.45) is 11.8 Å². The molecular formula is C16H15Cl2NO3. The molecule has 0 saturated carbocycles. The number of benzene rings is 1. The summed E-state index contributed by atoms with van der Waals surface area (Å²) in [6, 6.07) is 4.77. The molecule has 1 aromatic rings. The molecule has 0 aliphatic carbocycles. The molecule has 3 fully saturated rings. The molecule has 1 aromatic carbocycles. The third-order valence-corrected chi connectivity index (χ3v) is 5.75. The molecule has 6 heteroatoms. The van der Waals surface area contributed by atoms with Crippen molar-refractivity contribution in [1.82, 2.24) is 0 Å².